The van der Waals surface area contributed by atoms with Crippen molar-refractivity contribution in [2.24, 2.45) is 0 Å². The van der Waals surface area contributed by atoms with Gasteiger partial charge in [-0.15, -0.1) is 0 Å². The van der Waals surface area contributed by atoms with Crippen LogP contribution < -0.4 is 5.32 Å². The van der Waals surface area contributed by atoms with Crippen molar-refractivity contribution in [2.45, 2.75) is 18.9 Å². The van der Waals surface area contributed by atoms with Crippen LogP contribution in [0, 0.1) is 0 Å². The number of aromatic nitrogens is 2. The van der Waals surface area contributed by atoms with E-state index in [4.69, 9.17) is 0 Å². The zero-order valence-electron chi connectivity index (χ0n) is 13.9. The van der Waals surface area contributed by atoms with Crippen molar-refractivity contribution >= 4 is 5.91 Å². The molecule has 5 nitrogen and oxygen atoms in total. The molecule has 0 spiro atoms. The molecule has 3 rings (SSSR count). The number of hydrogen-bond acceptors (Lipinski definition) is 3. The summed E-state index contributed by atoms with van der Waals surface area (Å²) in [5, 5.41) is 17.1. The third-order valence-electron chi connectivity index (χ3n) is 4.00. The number of aliphatic hydroxyl groups excluding tert-OH is 1. The molecule has 0 bridgehead atoms. The minimum Gasteiger partial charge on any atom is -0.388 e. The van der Waals surface area contributed by atoms with Gasteiger partial charge in [0.2, 0.25) is 5.91 Å². The number of nitrogens with zero attached hydrogens (tertiary/aromatic N) is 2. The Labute approximate surface area is 146 Å². The number of carbonyl (C=O) groups excluding carboxylic acids is 1. The molecule has 1 heterocycles. The Morgan fingerprint density at radius 1 is 1.08 bits per heavy atom. The summed E-state index contributed by atoms with van der Waals surface area (Å²) < 4.78 is 1.80. The van der Waals surface area contributed by atoms with Crippen LogP contribution in [0.3, 0.4) is 0 Å². The monoisotopic (exact) mass is 335 g/mol. The first-order chi connectivity index (χ1) is 12.2. The van der Waals surface area contributed by atoms with E-state index in [2.05, 4.69) is 10.4 Å². The Hall–Kier alpha value is -2.92. The summed E-state index contributed by atoms with van der Waals surface area (Å²) in [5.41, 5.74) is 2.90. The molecule has 0 saturated heterocycles. The van der Waals surface area contributed by atoms with E-state index in [1.165, 1.54) is 0 Å². The Balaban J connectivity index is 1.44. The van der Waals surface area contributed by atoms with E-state index in [1.807, 2.05) is 66.9 Å². The maximum Gasteiger partial charge on any atom is 0.222 e. The minimum atomic E-state index is -0.769. The van der Waals surface area contributed by atoms with Crippen molar-refractivity contribution in [3.05, 3.63) is 84.2 Å². The van der Waals surface area contributed by atoms with Crippen molar-refractivity contribution in [3.8, 4) is 5.69 Å². The van der Waals surface area contributed by atoms with Gasteiger partial charge in [0.25, 0.3) is 0 Å². The minimum absolute atomic E-state index is 0.0717. The van der Waals surface area contributed by atoms with Crippen LogP contribution in [0.15, 0.2) is 73.1 Å². The molecule has 0 fully saturated rings. The molecule has 5 heteroatoms. The Morgan fingerprint density at radius 3 is 2.52 bits per heavy atom. The summed E-state index contributed by atoms with van der Waals surface area (Å²) in [5.74, 6) is -0.149. The SMILES string of the molecule is O=C(CC(O)c1ccccc1)NCCc1ccc(-n2cccn2)cc1. The number of nitrogens with one attached hydrogen (secondary N) is 1. The number of aliphatic hydroxyl groups is 1. The average molecular weight is 335 g/mol. The van der Waals surface area contributed by atoms with Gasteiger partial charge in [0.15, 0.2) is 0 Å². The molecule has 2 N–H and O–H groups in total. The van der Waals surface area contributed by atoms with E-state index in [-0.39, 0.29) is 12.3 Å². The summed E-state index contributed by atoms with van der Waals surface area (Å²) in [6, 6.07) is 19.2. The molecule has 0 aliphatic carbocycles. The van der Waals surface area contributed by atoms with E-state index in [1.54, 1.807) is 10.9 Å². The van der Waals surface area contributed by atoms with Gasteiger partial charge in [-0.25, -0.2) is 4.68 Å². The van der Waals surface area contributed by atoms with Crippen molar-refractivity contribution in [3.63, 3.8) is 0 Å². The van der Waals surface area contributed by atoms with Crippen molar-refractivity contribution in [1.29, 1.82) is 0 Å². The van der Waals surface area contributed by atoms with Gasteiger partial charge in [0, 0.05) is 18.9 Å². The molecule has 0 aliphatic heterocycles. The number of benzene rings is 2. The molecule has 1 atom stereocenters. The number of amides is 1. The zero-order valence-corrected chi connectivity index (χ0v) is 13.9. The third kappa shape index (κ3) is 4.78. The highest BCUT2D eigenvalue weighted by Gasteiger charge is 2.12. The number of hydrogen-bond donors (Lipinski definition) is 2. The highest BCUT2D eigenvalue weighted by Crippen LogP contribution is 2.15. The van der Waals surface area contributed by atoms with E-state index >= 15 is 0 Å². The first-order valence-electron chi connectivity index (χ1n) is 8.31. The van der Waals surface area contributed by atoms with Crippen LogP contribution in [-0.4, -0.2) is 27.3 Å². The van der Waals surface area contributed by atoms with Crippen LogP contribution in [0.4, 0.5) is 0 Å². The lowest BCUT2D eigenvalue weighted by Gasteiger charge is -2.11. The van der Waals surface area contributed by atoms with E-state index in [0.717, 1.165) is 23.2 Å². The van der Waals surface area contributed by atoms with Crippen LogP contribution in [0.1, 0.15) is 23.7 Å². The summed E-state index contributed by atoms with van der Waals surface area (Å²) in [6.07, 6.45) is 3.68. The fourth-order valence-corrected chi connectivity index (χ4v) is 2.62. The lowest BCUT2D eigenvalue weighted by atomic mass is 10.1. The maximum absolute atomic E-state index is 11.9. The molecule has 3 aromatic rings. The normalized spacial score (nSPS) is 11.9. The lowest BCUT2D eigenvalue weighted by Crippen LogP contribution is -2.27. The maximum atomic E-state index is 11.9. The quantitative estimate of drug-likeness (QED) is 0.697. The first kappa shape index (κ1) is 16.9. The van der Waals surface area contributed by atoms with E-state index in [9.17, 15) is 9.90 Å². The molecule has 1 unspecified atom stereocenters. The van der Waals surface area contributed by atoms with Gasteiger partial charge in [-0.3, -0.25) is 4.79 Å². The molecular formula is C20H21N3O2. The molecule has 0 aliphatic rings. The van der Waals surface area contributed by atoms with Crippen molar-refractivity contribution < 1.29 is 9.90 Å². The van der Waals surface area contributed by atoms with Gasteiger partial charge >= 0.3 is 0 Å². The molecular weight excluding hydrogens is 314 g/mol. The molecule has 0 radical (unpaired) electrons. The standard InChI is InChI=1S/C20H21N3O2/c24-19(17-5-2-1-3-6-17)15-20(25)21-13-11-16-7-9-18(10-8-16)23-14-4-12-22-23/h1-10,12,14,19,24H,11,13,15H2,(H,21,25). The van der Waals surface area contributed by atoms with Gasteiger partial charge in [0.1, 0.15) is 0 Å². The van der Waals surface area contributed by atoms with Gasteiger partial charge in [0.05, 0.1) is 18.2 Å². The average Bonchev–Trinajstić information content (AvgIpc) is 3.18. The topological polar surface area (TPSA) is 67.2 Å². The van der Waals surface area contributed by atoms with Gasteiger partial charge < -0.3 is 10.4 Å². The van der Waals surface area contributed by atoms with Crippen LogP contribution in [0.2, 0.25) is 0 Å². The van der Waals surface area contributed by atoms with Gasteiger partial charge in [-0.2, -0.15) is 5.10 Å². The second-order valence-corrected chi connectivity index (χ2v) is 5.85. The molecule has 128 valence electrons. The fraction of sp³-hybridized carbons (Fsp3) is 0.200. The second kappa shape index (κ2) is 8.26. The molecule has 2 aromatic carbocycles. The van der Waals surface area contributed by atoms with Crippen LogP contribution >= 0.6 is 0 Å². The Bertz CT molecular complexity index is 784. The van der Waals surface area contributed by atoms with Gasteiger partial charge in [-0.1, -0.05) is 42.5 Å². The van der Waals surface area contributed by atoms with Gasteiger partial charge in [-0.05, 0) is 35.7 Å². The molecule has 25 heavy (non-hydrogen) atoms. The Morgan fingerprint density at radius 2 is 1.84 bits per heavy atom. The Kier molecular flexibility index (Phi) is 5.59. The summed E-state index contributed by atoms with van der Waals surface area (Å²) in [6.45, 7) is 0.543. The number of rotatable bonds is 7. The predicted octanol–water partition coefficient (Wildman–Crippen LogP) is 2.65. The lowest BCUT2D eigenvalue weighted by molar-refractivity contribution is -0.123. The third-order valence-corrected chi connectivity index (χ3v) is 4.00. The highest BCUT2D eigenvalue weighted by molar-refractivity contribution is 5.76. The highest BCUT2D eigenvalue weighted by atomic mass is 16.3. The largest absolute Gasteiger partial charge is 0.388 e. The molecule has 0 saturated carbocycles. The predicted molar refractivity (Wildman–Crippen MR) is 96.3 cm³/mol. The zero-order chi connectivity index (χ0) is 17.5. The summed E-state index contributed by atoms with van der Waals surface area (Å²) >= 11 is 0. The fourth-order valence-electron chi connectivity index (χ4n) is 2.62. The first-order valence-corrected chi connectivity index (χ1v) is 8.31. The van der Waals surface area contributed by atoms with Crippen molar-refractivity contribution in [2.75, 3.05) is 6.54 Å². The van der Waals surface area contributed by atoms with E-state index < -0.39 is 6.10 Å². The van der Waals surface area contributed by atoms with Crippen molar-refractivity contribution in [1.82, 2.24) is 15.1 Å². The van der Waals surface area contributed by atoms with Crippen LogP contribution in [0.5, 0.6) is 0 Å². The number of carbonyl (C=O) groups is 1. The molecule has 1 aromatic heterocycles. The summed E-state index contributed by atoms with van der Waals surface area (Å²) in [7, 11) is 0. The smallest absolute Gasteiger partial charge is 0.222 e. The summed E-state index contributed by atoms with van der Waals surface area (Å²) in [4.78, 5) is 11.9. The second-order valence-electron chi connectivity index (χ2n) is 5.85. The van der Waals surface area contributed by atoms with E-state index in [0.29, 0.717) is 6.54 Å². The van der Waals surface area contributed by atoms with Crippen LogP contribution in [0.25, 0.3) is 5.69 Å². The van der Waals surface area contributed by atoms with Crippen LogP contribution in [-0.2, 0) is 11.2 Å². The molecule has 1 amide bonds.